The zero-order valence-electron chi connectivity index (χ0n) is 15.3. The zero-order valence-corrected chi connectivity index (χ0v) is 17.8. The standard InChI is InChI=1S/C19H19O7PS2/c20-17(15-7-3-1-4-8-15)28-13-11-25-19(22)27(23,24)26-12-14-29-18(21)16-9-5-2-6-10-16/h1-10H,11-14H2,(H,23,24). The Hall–Kier alpha value is -1.90. The summed E-state index contributed by atoms with van der Waals surface area (Å²) < 4.78 is 21.3. The Bertz CT molecular complexity index is 875. The van der Waals surface area contributed by atoms with Crippen molar-refractivity contribution in [2.24, 2.45) is 0 Å². The molecule has 1 N–H and O–H groups in total. The summed E-state index contributed by atoms with van der Waals surface area (Å²) in [6.45, 7) is -0.482. The lowest BCUT2D eigenvalue weighted by molar-refractivity contribution is 0.108. The molecule has 0 heterocycles. The molecule has 0 bridgehead atoms. The number of carbonyl (C=O) groups is 3. The molecule has 0 saturated carbocycles. The van der Waals surface area contributed by atoms with E-state index in [4.69, 9.17) is 9.26 Å². The van der Waals surface area contributed by atoms with Crippen LogP contribution in [0.25, 0.3) is 0 Å². The maximum atomic E-state index is 11.9. The van der Waals surface area contributed by atoms with E-state index in [1.54, 1.807) is 60.7 Å². The van der Waals surface area contributed by atoms with Crippen LogP contribution in [0.15, 0.2) is 60.7 Å². The number of hydrogen-bond donors (Lipinski definition) is 1. The van der Waals surface area contributed by atoms with Crippen molar-refractivity contribution >= 4 is 47.1 Å². The molecule has 10 heteroatoms. The first kappa shape index (κ1) is 23.4. The molecule has 2 aromatic carbocycles. The fourth-order valence-electron chi connectivity index (χ4n) is 2.01. The molecule has 0 aliphatic heterocycles. The average Bonchev–Trinajstić information content (AvgIpc) is 2.75. The lowest BCUT2D eigenvalue weighted by atomic mass is 10.2. The Balaban J connectivity index is 1.64. The number of carbonyl (C=O) groups excluding carboxylic acids is 3. The van der Waals surface area contributed by atoms with Crippen LogP contribution < -0.4 is 0 Å². The minimum Gasteiger partial charge on any atom is -0.456 e. The summed E-state index contributed by atoms with van der Waals surface area (Å²) in [6.07, 6.45) is 0. The minimum absolute atomic E-state index is 0.104. The third-order valence-corrected chi connectivity index (χ3v) is 6.23. The molecule has 0 amide bonds. The van der Waals surface area contributed by atoms with E-state index in [1.807, 2.05) is 0 Å². The number of benzene rings is 2. The summed E-state index contributed by atoms with van der Waals surface area (Å²) in [5.41, 5.74) is -0.362. The number of hydrogen-bond acceptors (Lipinski definition) is 8. The average molecular weight is 454 g/mol. The molecule has 0 aromatic heterocycles. The van der Waals surface area contributed by atoms with Crippen molar-refractivity contribution in [2.45, 2.75) is 0 Å². The van der Waals surface area contributed by atoms with E-state index in [0.29, 0.717) is 11.1 Å². The van der Waals surface area contributed by atoms with Gasteiger partial charge >= 0.3 is 13.3 Å². The Morgan fingerprint density at radius 3 is 1.72 bits per heavy atom. The highest BCUT2D eigenvalue weighted by molar-refractivity contribution is 8.14. The summed E-state index contributed by atoms with van der Waals surface area (Å²) in [7, 11) is -4.62. The van der Waals surface area contributed by atoms with Gasteiger partial charge in [0.05, 0.1) is 6.61 Å². The highest BCUT2D eigenvalue weighted by atomic mass is 32.2. The number of ether oxygens (including phenoxy) is 1. The Kier molecular flexibility index (Phi) is 9.63. The van der Waals surface area contributed by atoms with Crippen LogP contribution in [-0.4, -0.2) is 45.6 Å². The second kappa shape index (κ2) is 11.9. The van der Waals surface area contributed by atoms with Crippen LogP contribution in [-0.2, 0) is 13.8 Å². The second-order valence-electron chi connectivity index (χ2n) is 5.47. The van der Waals surface area contributed by atoms with E-state index in [9.17, 15) is 23.8 Å². The largest absolute Gasteiger partial charge is 0.456 e. The van der Waals surface area contributed by atoms with Crippen molar-refractivity contribution in [3.05, 3.63) is 71.8 Å². The molecule has 2 rings (SSSR count). The van der Waals surface area contributed by atoms with E-state index >= 15 is 0 Å². The molecule has 0 radical (unpaired) electrons. The van der Waals surface area contributed by atoms with Crippen molar-refractivity contribution in [1.29, 1.82) is 0 Å². The summed E-state index contributed by atoms with van der Waals surface area (Å²) in [5.74, 6) is 0.244. The summed E-state index contributed by atoms with van der Waals surface area (Å²) in [6, 6.07) is 17.2. The molecule has 1 unspecified atom stereocenters. The van der Waals surface area contributed by atoms with Crippen LogP contribution in [0.3, 0.4) is 0 Å². The van der Waals surface area contributed by atoms with E-state index in [1.165, 1.54) is 0 Å². The molecule has 29 heavy (non-hydrogen) atoms. The van der Waals surface area contributed by atoms with Crippen LogP contribution in [0, 0.1) is 0 Å². The van der Waals surface area contributed by atoms with E-state index in [0.717, 1.165) is 23.5 Å². The third kappa shape index (κ3) is 8.16. The topological polar surface area (TPSA) is 107 Å². The van der Waals surface area contributed by atoms with Crippen LogP contribution in [0.4, 0.5) is 4.79 Å². The van der Waals surface area contributed by atoms with Gasteiger partial charge in [0, 0.05) is 22.6 Å². The fourth-order valence-corrected chi connectivity index (χ4v) is 4.14. The Labute approximate surface area is 176 Å². The normalized spacial score (nSPS) is 12.7. The predicted octanol–water partition coefficient (Wildman–Crippen LogP) is 4.47. The van der Waals surface area contributed by atoms with Gasteiger partial charge in [-0.05, 0) is 0 Å². The zero-order chi connectivity index (χ0) is 21.1. The minimum atomic E-state index is -4.62. The van der Waals surface area contributed by atoms with Crippen molar-refractivity contribution in [3.63, 3.8) is 0 Å². The molecule has 154 valence electrons. The van der Waals surface area contributed by atoms with Gasteiger partial charge < -0.3 is 9.63 Å². The summed E-state index contributed by atoms with van der Waals surface area (Å²) in [4.78, 5) is 45.1. The van der Waals surface area contributed by atoms with Gasteiger partial charge in [0.25, 0.3) is 0 Å². The molecular weight excluding hydrogens is 435 g/mol. The van der Waals surface area contributed by atoms with Gasteiger partial charge in [-0.1, -0.05) is 84.2 Å². The molecule has 0 aliphatic carbocycles. The van der Waals surface area contributed by atoms with Crippen molar-refractivity contribution in [2.75, 3.05) is 24.7 Å². The van der Waals surface area contributed by atoms with Crippen molar-refractivity contribution in [1.82, 2.24) is 0 Å². The maximum Gasteiger partial charge on any atom is 0.435 e. The Morgan fingerprint density at radius 2 is 1.24 bits per heavy atom. The third-order valence-electron chi connectivity index (χ3n) is 3.37. The van der Waals surface area contributed by atoms with Gasteiger partial charge in [0.15, 0.2) is 0 Å². The van der Waals surface area contributed by atoms with E-state index in [2.05, 4.69) is 0 Å². The first-order valence-corrected chi connectivity index (χ1v) is 12.0. The van der Waals surface area contributed by atoms with Crippen LogP contribution in [0.1, 0.15) is 20.7 Å². The van der Waals surface area contributed by atoms with Crippen molar-refractivity contribution < 1.29 is 33.1 Å². The summed E-state index contributed by atoms with van der Waals surface area (Å²) in [5, 5.41) is -0.394. The highest BCUT2D eigenvalue weighted by Gasteiger charge is 2.32. The molecule has 2 aromatic rings. The maximum absolute atomic E-state index is 11.9. The monoisotopic (exact) mass is 454 g/mol. The van der Waals surface area contributed by atoms with Crippen molar-refractivity contribution in [3.8, 4) is 0 Å². The predicted molar refractivity (Wildman–Crippen MR) is 114 cm³/mol. The number of thioether (sulfide) groups is 2. The second-order valence-corrected chi connectivity index (χ2v) is 9.27. The lowest BCUT2D eigenvalue weighted by Gasteiger charge is -2.11. The van der Waals surface area contributed by atoms with Gasteiger partial charge in [-0.2, -0.15) is 0 Å². The first-order chi connectivity index (χ1) is 13.9. The van der Waals surface area contributed by atoms with Gasteiger partial charge in [0.1, 0.15) is 6.61 Å². The Morgan fingerprint density at radius 1 is 0.793 bits per heavy atom. The molecular formula is C19H19O7PS2. The van der Waals surface area contributed by atoms with Crippen LogP contribution >= 0.6 is 31.1 Å². The van der Waals surface area contributed by atoms with Gasteiger partial charge in [-0.25, -0.2) is 9.36 Å². The van der Waals surface area contributed by atoms with Gasteiger partial charge in [0.2, 0.25) is 10.2 Å². The smallest absolute Gasteiger partial charge is 0.435 e. The summed E-state index contributed by atoms with van der Waals surface area (Å²) >= 11 is 1.85. The molecule has 0 spiro atoms. The molecule has 0 fully saturated rings. The SMILES string of the molecule is O=C(SCCOC(=O)P(=O)(O)OCCSC(=O)c1ccccc1)c1ccccc1. The first-order valence-electron chi connectivity index (χ1n) is 8.49. The van der Waals surface area contributed by atoms with Gasteiger partial charge in [-0.3, -0.25) is 14.1 Å². The number of rotatable bonds is 10. The molecule has 0 aliphatic rings. The quantitative estimate of drug-likeness (QED) is 0.411. The van der Waals surface area contributed by atoms with Crippen LogP contribution in [0.5, 0.6) is 0 Å². The van der Waals surface area contributed by atoms with E-state index in [-0.39, 0.29) is 35.0 Å². The van der Waals surface area contributed by atoms with Crippen LogP contribution in [0.2, 0.25) is 0 Å². The molecule has 0 saturated heterocycles. The molecule has 1 atom stereocenters. The van der Waals surface area contributed by atoms with Gasteiger partial charge in [-0.15, -0.1) is 0 Å². The lowest BCUT2D eigenvalue weighted by Crippen LogP contribution is -2.10. The fraction of sp³-hybridized carbons (Fsp3) is 0.211. The highest BCUT2D eigenvalue weighted by Crippen LogP contribution is 2.44. The molecule has 7 nitrogen and oxygen atoms in total. The van der Waals surface area contributed by atoms with E-state index < -0.39 is 13.3 Å².